The summed E-state index contributed by atoms with van der Waals surface area (Å²) in [5.74, 6) is -56.6. The fourth-order valence-corrected chi connectivity index (χ4v) is 5.58. The van der Waals surface area contributed by atoms with Crippen LogP contribution in [0.2, 0.25) is 0 Å². The van der Waals surface area contributed by atoms with Crippen molar-refractivity contribution in [1.29, 1.82) is 0 Å². The van der Waals surface area contributed by atoms with Crippen molar-refractivity contribution < 1.29 is 105 Å². The molecule has 0 saturated carbocycles. The molecule has 2 aromatic rings. The van der Waals surface area contributed by atoms with Gasteiger partial charge in [-0.15, -0.1) is 0 Å². The van der Waals surface area contributed by atoms with Crippen molar-refractivity contribution in [1.82, 2.24) is 0 Å². The van der Waals surface area contributed by atoms with Gasteiger partial charge in [0.15, 0.2) is 0 Å². The fourth-order valence-electron chi connectivity index (χ4n) is 5.58. The molecule has 346 valence electrons. The molecule has 0 spiro atoms. The van der Waals surface area contributed by atoms with E-state index in [0.29, 0.717) is 31.2 Å². The summed E-state index contributed by atoms with van der Waals surface area (Å²) in [4.78, 5) is 0. The van der Waals surface area contributed by atoms with Gasteiger partial charge in [0.1, 0.15) is 24.2 Å². The molecule has 6 nitrogen and oxygen atoms in total. The minimum absolute atomic E-state index is 0.0114. The van der Waals surface area contributed by atoms with Gasteiger partial charge in [0.2, 0.25) is 0 Å². The van der Waals surface area contributed by atoms with E-state index in [1.54, 1.807) is 0 Å². The zero-order valence-electron chi connectivity index (χ0n) is 31.3. The summed E-state index contributed by atoms with van der Waals surface area (Å²) in [6, 6.07) is 9.73. The number of benzene rings is 2. The number of halogens is 17. The number of hydrogen-bond acceptors (Lipinski definition) is 6. The lowest BCUT2D eigenvalue weighted by atomic mass is 9.87. The monoisotopic (exact) mass is 906 g/mol. The Morgan fingerprint density at radius 2 is 0.950 bits per heavy atom. The van der Waals surface area contributed by atoms with Gasteiger partial charge >= 0.3 is 47.6 Å². The van der Waals surface area contributed by atoms with Gasteiger partial charge in [0.05, 0.1) is 25.9 Å². The summed E-state index contributed by atoms with van der Waals surface area (Å²) < 4.78 is 245. The Bertz CT molecular complexity index is 1600. The molecule has 0 aliphatic heterocycles. The Morgan fingerprint density at radius 3 is 1.47 bits per heavy atom. The summed E-state index contributed by atoms with van der Waals surface area (Å²) in [5, 5.41) is 36.6. The summed E-state index contributed by atoms with van der Waals surface area (Å²) in [5.41, 5.74) is 0.588. The predicted octanol–water partition coefficient (Wildman–Crippen LogP) is 10.3. The maximum Gasteiger partial charge on any atom is 0.460 e. The van der Waals surface area contributed by atoms with Crippen molar-refractivity contribution in [3.8, 4) is 22.6 Å². The molecule has 0 saturated heterocycles. The molecular weight excluding hydrogens is 863 g/mol. The lowest BCUT2D eigenvalue weighted by molar-refractivity contribution is -0.461. The summed E-state index contributed by atoms with van der Waals surface area (Å²) in [6.07, 6.45) is -9.28. The van der Waals surface area contributed by atoms with Gasteiger partial charge in [0, 0.05) is 6.42 Å². The van der Waals surface area contributed by atoms with E-state index in [1.165, 1.54) is 42.5 Å². The van der Waals surface area contributed by atoms with Crippen LogP contribution in [0.25, 0.3) is 11.1 Å². The van der Waals surface area contributed by atoms with Crippen LogP contribution in [-0.2, 0) is 6.42 Å². The number of hydrogen-bond donors (Lipinski definition) is 4. The van der Waals surface area contributed by atoms with E-state index in [-0.39, 0.29) is 42.4 Å². The van der Waals surface area contributed by atoms with Gasteiger partial charge in [-0.3, -0.25) is 0 Å². The topological polar surface area (TPSA) is 99.4 Å². The maximum atomic E-state index is 14.7. The molecule has 2 rings (SSSR count). The van der Waals surface area contributed by atoms with Gasteiger partial charge in [0.25, 0.3) is 0 Å². The average molecular weight is 907 g/mol. The second kappa shape index (κ2) is 20.7. The summed E-state index contributed by atoms with van der Waals surface area (Å²) in [7, 11) is 0. The fraction of sp³-hybridized carbons (Fsp3) is 0.676. The number of ether oxygens (including phenoxy) is 2. The standard InChI is InChI=1S/C37H43F17O6/c38-30(39,31(40,41)32(42,43)33(44,45)34(46,47)35(48,49)36(50,51)37(52,53)54)17-8-9-25-19-24(23-11-14-28(15-12-23)60-22-27(58)21-56)13-16-29(25)59-18-7-5-3-1-2-4-6-10-26(57)20-55/h11-16,19,26-27,55-58H,1-10,17-18,20-22H2. The predicted molar refractivity (Wildman–Crippen MR) is 180 cm³/mol. The number of rotatable bonds is 27. The lowest BCUT2D eigenvalue weighted by Gasteiger charge is -2.42. The molecule has 4 N–H and O–H groups in total. The molecule has 0 aliphatic carbocycles. The SMILES string of the molecule is OCC(O)CCCCCCCCCOc1ccc(-c2ccc(OCC(O)CO)cc2)cc1CCCC(F)(F)C(F)(F)C(F)(F)C(F)(F)C(F)(F)C(F)(F)C(F)(F)C(F)(F)F. The average Bonchev–Trinajstić information content (AvgIpc) is 3.17. The van der Waals surface area contributed by atoms with Crippen LogP contribution >= 0.6 is 0 Å². The largest absolute Gasteiger partial charge is 0.493 e. The summed E-state index contributed by atoms with van der Waals surface area (Å²) in [6.45, 7) is -1.26. The van der Waals surface area contributed by atoms with Crippen molar-refractivity contribution in [2.45, 2.75) is 130 Å². The van der Waals surface area contributed by atoms with E-state index in [4.69, 9.17) is 19.7 Å². The minimum Gasteiger partial charge on any atom is -0.493 e. The van der Waals surface area contributed by atoms with Crippen molar-refractivity contribution in [2.24, 2.45) is 0 Å². The molecule has 0 aliphatic rings. The van der Waals surface area contributed by atoms with Crippen LogP contribution < -0.4 is 9.47 Å². The van der Waals surface area contributed by atoms with Gasteiger partial charge in [-0.2, -0.15) is 74.6 Å². The third-order valence-electron chi connectivity index (χ3n) is 9.28. The first-order valence-corrected chi connectivity index (χ1v) is 18.2. The first-order chi connectivity index (χ1) is 27.5. The van der Waals surface area contributed by atoms with Crippen LogP contribution in [-0.4, -0.2) is 107 Å². The molecule has 60 heavy (non-hydrogen) atoms. The third kappa shape index (κ3) is 11.8. The molecule has 0 amide bonds. The highest BCUT2D eigenvalue weighted by Crippen LogP contribution is 2.64. The van der Waals surface area contributed by atoms with E-state index in [9.17, 15) is 84.9 Å². The van der Waals surface area contributed by atoms with Crippen LogP contribution in [0.5, 0.6) is 11.5 Å². The van der Waals surface area contributed by atoms with Crippen LogP contribution in [0.3, 0.4) is 0 Å². The van der Waals surface area contributed by atoms with E-state index in [2.05, 4.69) is 0 Å². The molecule has 0 radical (unpaired) electrons. The number of aryl methyl sites for hydroxylation is 1. The minimum atomic E-state index is -8.69. The molecular formula is C37H43F17O6. The highest BCUT2D eigenvalue weighted by molar-refractivity contribution is 5.66. The van der Waals surface area contributed by atoms with E-state index >= 15 is 0 Å². The Morgan fingerprint density at radius 1 is 0.483 bits per heavy atom. The molecule has 0 bridgehead atoms. The Hall–Kier alpha value is -3.31. The Labute approximate surface area is 332 Å². The Balaban J connectivity index is 2.30. The quantitative estimate of drug-likeness (QED) is 0.0527. The van der Waals surface area contributed by atoms with Gasteiger partial charge in [-0.1, -0.05) is 56.7 Å². The molecule has 0 aromatic heterocycles. The van der Waals surface area contributed by atoms with Crippen LogP contribution in [0.4, 0.5) is 74.6 Å². The number of alkyl halides is 17. The van der Waals surface area contributed by atoms with Crippen molar-refractivity contribution in [2.75, 3.05) is 26.4 Å². The number of aliphatic hydroxyl groups excluding tert-OH is 4. The van der Waals surface area contributed by atoms with E-state index in [1.807, 2.05) is 0 Å². The lowest BCUT2D eigenvalue weighted by Crippen LogP contribution is -2.74. The molecule has 2 unspecified atom stereocenters. The number of aliphatic hydroxyl groups is 4. The molecule has 2 atom stereocenters. The van der Waals surface area contributed by atoms with Crippen LogP contribution in [0.15, 0.2) is 42.5 Å². The van der Waals surface area contributed by atoms with Crippen LogP contribution in [0.1, 0.15) is 69.8 Å². The van der Waals surface area contributed by atoms with Gasteiger partial charge in [-0.25, -0.2) is 0 Å². The Kier molecular flexibility index (Phi) is 18.2. The maximum absolute atomic E-state index is 14.7. The second-order valence-corrected chi connectivity index (χ2v) is 13.9. The van der Waals surface area contributed by atoms with Gasteiger partial charge < -0.3 is 29.9 Å². The van der Waals surface area contributed by atoms with E-state index in [0.717, 1.165) is 25.7 Å². The second-order valence-electron chi connectivity index (χ2n) is 13.9. The molecule has 23 heteroatoms. The highest BCUT2D eigenvalue weighted by Gasteiger charge is 2.95. The van der Waals surface area contributed by atoms with Crippen molar-refractivity contribution in [3.05, 3.63) is 48.0 Å². The first-order valence-electron chi connectivity index (χ1n) is 18.2. The third-order valence-corrected chi connectivity index (χ3v) is 9.28. The van der Waals surface area contributed by atoms with E-state index < -0.39 is 85.7 Å². The van der Waals surface area contributed by atoms with Crippen molar-refractivity contribution >= 4 is 0 Å². The summed E-state index contributed by atoms with van der Waals surface area (Å²) >= 11 is 0. The van der Waals surface area contributed by atoms with Crippen molar-refractivity contribution in [3.63, 3.8) is 0 Å². The van der Waals surface area contributed by atoms with Gasteiger partial charge in [-0.05, 0) is 66.6 Å². The molecule has 2 aromatic carbocycles. The molecule has 0 heterocycles. The zero-order chi connectivity index (χ0) is 46.0. The zero-order valence-corrected chi connectivity index (χ0v) is 31.3. The normalized spacial score (nSPS) is 14.9. The van der Waals surface area contributed by atoms with Crippen LogP contribution in [0, 0.1) is 0 Å². The smallest absolute Gasteiger partial charge is 0.460 e. The molecule has 0 fully saturated rings. The first kappa shape index (κ1) is 52.8. The highest BCUT2D eigenvalue weighted by atomic mass is 19.4. The number of unbranched alkanes of at least 4 members (excludes halogenated alkanes) is 6.